The minimum absolute atomic E-state index is 0.492. The third kappa shape index (κ3) is 8.36. The molecule has 0 N–H and O–H groups in total. The highest BCUT2D eigenvalue weighted by Gasteiger charge is 1.92. The second-order valence-corrected chi connectivity index (χ2v) is 4.90. The summed E-state index contributed by atoms with van der Waals surface area (Å²) in [5.74, 6) is 0. The molecule has 1 rings (SSSR count). The van der Waals surface area contributed by atoms with Gasteiger partial charge in [0.25, 0.3) is 0 Å². The molecule has 0 fully saturated rings. The summed E-state index contributed by atoms with van der Waals surface area (Å²) in [5, 5.41) is 0. The molecule has 0 aliphatic heterocycles. The molecule has 0 heterocycles. The Morgan fingerprint density at radius 3 is 2.42 bits per heavy atom. The molecule has 2 nitrogen and oxygen atoms in total. The van der Waals surface area contributed by atoms with Gasteiger partial charge in [0.1, 0.15) is 13.2 Å². The summed E-state index contributed by atoms with van der Waals surface area (Å²) in [6.45, 7) is 7.37. The van der Waals surface area contributed by atoms with Crippen LogP contribution in [0.5, 0.6) is 0 Å². The molecule has 0 unspecified atom stereocenters. The number of hydrogen-bond donors (Lipinski definition) is 0. The first-order valence-electron chi connectivity index (χ1n) is 6.76. The minimum Gasteiger partial charge on any atom is -0.232 e. The minimum atomic E-state index is 0.492. The van der Waals surface area contributed by atoms with Gasteiger partial charge >= 0.3 is 0 Å². The molecule has 104 valence electrons. The summed E-state index contributed by atoms with van der Waals surface area (Å²) >= 11 is 0. The highest BCUT2D eigenvalue weighted by Crippen LogP contribution is 2.06. The molecule has 0 saturated carbocycles. The van der Waals surface area contributed by atoms with Gasteiger partial charge in [-0.25, -0.2) is 9.78 Å². The quantitative estimate of drug-likeness (QED) is 0.288. The van der Waals surface area contributed by atoms with Crippen molar-refractivity contribution in [1.29, 1.82) is 0 Å². The highest BCUT2D eigenvalue weighted by molar-refractivity contribution is 5.13. The Labute approximate surface area is 116 Å². The van der Waals surface area contributed by atoms with Crippen LogP contribution in [0.25, 0.3) is 0 Å². The SMILES string of the molecule is CC(C)=CCC/C(C)=C/COOCc1ccccc1. The Bertz CT molecular complexity index is 401. The van der Waals surface area contributed by atoms with Crippen LogP contribution in [-0.2, 0) is 16.4 Å². The second-order valence-electron chi connectivity index (χ2n) is 4.90. The summed E-state index contributed by atoms with van der Waals surface area (Å²) < 4.78 is 0. The molecular formula is C17H24O2. The van der Waals surface area contributed by atoms with Crippen molar-refractivity contribution in [2.24, 2.45) is 0 Å². The summed E-state index contributed by atoms with van der Waals surface area (Å²) in [6.07, 6.45) is 6.50. The van der Waals surface area contributed by atoms with Crippen LogP contribution in [0.15, 0.2) is 53.6 Å². The van der Waals surface area contributed by atoms with Crippen LogP contribution in [0.2, 0.25) is 0 Å². The zero-order valence-corrected chi connectivity index (χ0v) is 12.2. The van der Waals surface area contributed by atoms with Crippen molar-refractivity contribution in [3.8, 4) is 0 Å². The van der Waals surface area contributed by atoms with Crippen LogP contribution in [0.3, 0.4) is 0 Å². The van der Waals surface area contributed by atoms with Gasteiger partial charge in [0, 0.05) is 0 Å². The maximum Gasteiger partial charge on any atom is 0.107 e. The van der Waals surface area contributed by atoms with Crippen molar-refractivity contribution >= 4 is 0 Å². The summed E-state index contributed by atoms with van der Waals surface area (Å²) in [5.41, 5.74) is 3.82. The molecule has 1 aromatic rings. The summed E-state index contributed by atoms with van der Waals surface area (Å²) in [7, 11) is 0. The van der Waals surface area contributed by atoms with E-state index < -0.39 is 0 Å². The summed E-state index contributed by atoms with van der Waals surface area (Å²) in [4.78, 5) is 10.3. The number of hydrogen-bond acceptors (Lipinski definition) is 2. The van der Waals surface area contributed by atoms with Gasteiger partial charge in [-0.05, 0) is 39.2 Å². The molecule has 0 bridgehead atoms. The van der Waals surface area contributed by atoms with E-state index >= 15 is 0 Å². The highest BCUT2D eigenvalue weighted by atomic mass is 17.2. The summed E-state index contributed by atoms with van der Waals surface area (Å²) in [6, 6.07) is 10.0. The van der Waals surface area contributed by atoms with Crippen LogP contribution < -0.4 is 0 Å². The molecule has 0 aliphatic carbocycles. The van der Waals surface area contributed by atoms with Gasteiger partial charge < -0.3 is 0 Å². The van der Waals surface area contributed by atoms with Gasteiger partial charge in [-0.3, -0.25) is 0 Å². The van der Waals surface area contributed by atoms with Gasteiger partial charge in [0.2, 0.25) is 0 Å². The predicted molar refractivity (Wildman–Crippen MR) is 79.6 cm³/mol. The normalized spacial score (nSPS) is 11.4. The van der Waals surface area contributed by atoms with Crippen molar-refractivity contribution in [2.45, 2.75) is 40.2 Å². The van der Waals surface area contributed by atoms with Crippen LogP contribution in [0, 0.1) is 0 Å². The van der Waals surface area contributed by atoms with E-state index in [-0.39, 0.29) is 0 Å². The third-order valence-electron chi connectivity index (χ3n) is 2.74. The maximum absolute atomic E-state index is 5.16. The van der Waals surface area contributed by atoms with Crippen molar-refractivity contribution < 1.29 is 9.78 Å². The van der Waals surface area contributed by atoms with E-state index in [1.807, 2.05) is 30.3 Å². The molecule has 0 saturated heterocycles. The lowest BCUT2D eigenvalue weighted by molar-refractivity contribution is -0.295. The topological polar surface area (TPSA) is 18.5 Å². The van der Waals surface area contributed by atoms with Crippen molar-refractivity contribution in [2.75, 3.05) is 6.61 Å². The van der Waals surface area contributed by atoms with Crippen molar-refractivity contribution in [1.82, 2.24) is 0 Å². The van der Waals surface area contributed by atoms with Crippen LogP contribution in [0.1, 0.15) is 39.2 Å². The van der Waals surface area contributed by atoms with E-state index in [9.17, 15) is 0 Å². The van der Waals surface area contributed by atoms with E-state index in [2.05, 4.69) is 32.9 Å². The van der Waals surface area contributed by atoms with E-state index in [1.54, 1.807) is 0 Å². The van der Waals surface area contributed by atoms with Crippen LogP contribution >= 0.6 is 0 Å². The smallest absolute Gasteiger partial charge is 0.107 e. The Kier molecular flexibility index (Phi) is 7.87. The molecule has 1 aromatic carbocycles. The van der Waals surface area contributed by atoms with Gasteiger partial charge in [0.15, 0.2) is 0 Å². The fourth-order valence-corrected chi connectivity index (χ4v) is 1.60. The molecule has 0 aliphatic rings. The molecule has 0 amide bonds. The van der Waals surface area contributed by atoms with Gasteiger partial charge in [-0.2, -0.15) is 0 Å². The Balaban J connectivity index is 2.11. The number of benzene rings is 1. The van der Waals surface area contributed by atoms with E-state index in [0.29, 0.717) is 13.2 Å². The van der Waals surface area contributed by atoms with Crippen LogP contribution in [0.4, 0.5) is 0 Å². The monoisotopic (exact) mass is 260 g/mol. The van der Waals surface area contributed by atoms with Crippen molar-refractivity contribution in [3.05, 3.63) is 59.2 Å². The molecule has 0 atom stereocenters. The second kappa shape index (κ2) is 9.54. The first-order valence-corrected chi connectivity index (χ1v) is 6.76. The largest absolute Gasteiger partial charge is 0.232 e. The first kappa shape index (κ1) is 15.7. The van der Waals surface area contributed by atoms with Gasteiger partial charge in [-0.1, -0.05) is 53.6 Å². The Hall–Kier alpha value is -1.38. The number of allylic oxidation sites excluding steroid dienone is 3. The van der Waals surface area contributed by atoms with E-state index in [4.69, 9.17) is 9.78 Å². The van der Waals surface area contributed by atoms with Crippen LogP contribution in [-0.4, -0.2) is 6.61 Å². The average molecular weight is 260 g/mol. The van der Waals surface area contributed by atoms with Crippen molar-refractivity contribution in [3.63, 3.8) is 0 Å². The Morgan fingerprint density at radius 2 is 1.74 bits per heavy atom. The standard InChI is InChI=1S/C17H24O2/c1-15(2)8-7-9-16(3)12-13-18-19-14-17-10-5-4-6-11-17/h4-6,8,10-12H,7,9,13-14H2,1-3H3/b16-12+. The lowest BCUT2D eigenvalue weighted by Crippen LogP contribution is -1.96. The lowest BCUT2D eigenvalue weighted by atomic mass is 10.1. The average Bonchev–Trinajstić information content (AvgIpc) is 2.39. The number of rotatable bonds is 8. The fourth-order valence-electron chi connectivity index (χ4n) is 1.60. The van der Waals surface area contributed by atoms with Gasteiger partial charge in [0.05, 0.1) is 0 Å². The Morgan fingerprint density at radius 1 is 1.00 bits per heavy atom. The van der Waals surface area contributed by atoms with Gasteiger partial charge in [-0.15, -0.1) is 0 Å². The predicted octanol–water partition coefficient (Wildman–Crippen LogP) is 4.83. The molecule has 19 heavy (non-hydrogen) atoms. The zero-order chi connectivity index (χ0) is 13.9. The molecule has 2 heteroatoms. The first-order chi connectivity index (χ1) is 9.18. The maximum atomic E-state index is 5.16. The molecule has 0 spiro atoms. The molecular weight excluding hydrogens is 236 g/mol. The molecule has 0 aromatic heterocycles. The lowest BCUT2D eigenvalue weighted by Gasteiger charge is -2.03. The fraction of sp³-hybridized carbons (Fsp3) is 0.412. The van der Waals surface area contributed by atoms with E-state index in [1.165, 1.54) is 11.1 Å². The third-order valence-corrected chi connectivity index (χ3v) is 2.74. The zero-order valence-electron chi connectivity index (χ0n) is 12.2. The molecule has 0 radical (unpaired) electrons. The van der Waals surface area contributed by atoms with E-state index in [0.717, 1.165) is 18.4 Å².